The van der Waals surface area contributed by atoms with E-state index in [1.807, 2.05) is 12.1 Å². The van der Waals surface area contributed by atoms with Gasteiger partial charge in [0, 0.05) is 0 Å². The largest absolute Gasteiger partial charge is 0.493 e. The lowest BCUT2D eigenvalue weighted by molar-refractivity contribution is 0.254. The van der Waals surface area contributed by atoms with Crippen molar-refractivity contribution in [1.29, 1.82) is 0 Å². The molecule has 0 aliphatic rings. The molecule has 2 aromatic rings. The molecule has 0 atom stereocenters. The molecule has 0 aliphatic heterocycles. The van der Waals surface area contributed by atoms with Crippen molar-refractivity contribution < 1.29 is 19.0 Å². The fourth-order valence-corrected chi connectivity index (χ4v) is 1.47. The second-order valence-corrected chi connectivity index (χ2v) is 3.51. The zero-order chi connectivity index (χ0) is 12.1. The molecule has 1 aromatic heterocycles. The highest BCUT2D eigenvalue weighted by Gasteiger charge is 2.06. The lowest BCUT2D eigenvalue weighted by Crippen LogP contribution is -1.97. The maximum atomic E-state index is 9.02. The second kappa shape index (κ2) is 5.41. The Hall–Kier alpha value is -1.94. The summed E-state index contributed by atoms with van der Waals surface area (Å²) >= 11 is 0. The molecule has 0 saturated heterocycles. The lowest BCUT2D eigenvalue weighted by atomic mass is 10.2. The van der Waals surface area contributed by atoms with Gasteiger partial charge in [-0.25, -0.2) is 0 Å². The summed E-state index contributed by atoms with van der Waals surface area (Å²) in [7, 11) is 1.57. The monoisotopic (exact) mass is 234 g/mol. The number of methoxy groups -OCH3 is 1. The summed E-state index contributed by atoms with van der Waals surface area (Å²) in [4.78, 5) is 0. The molecule has 0 aliphatic carbocycles. The van der Waals surface area contributed by atoms with Crippen molar-refractivity contribution in [3.8, 4) is 11.5 Å². The van der Waals surface area contributed by atoms with E-state index in [1.165, 1.54) is 0 Å². The first-order valence-electron chi connectivity index (χ1n) is 5.26. The number of hydrogen-bond donors (Lipinski definition) is 1. The first kappa shape index (κ1) is 11.5. The normalized spacial score (nSPS) is 10.2. The Morgan fingerprint density at radius 2 is 2.12 bits per heavy atom. The van der Waals surface area contributed by atoms with Gasteiger partial charge in [-0.05, 0) is 29.8 Å². The first-order valence-corrected chi connectivity index (χ1v) is 5.26. The molecule has 0 amide bonds. The van der Waals surface area contributed by atoms with Crippen LogP contribution < -0.4 is 9.47 Å². The molecule has 4 heteroatoms. The second-order valence-electron chi connectivity index (χ2n) is 3.51. The molecular weight excluding hydrogens is 220 g/mol. The molecule has 1 aromatic carbocycles. The number of aliphatic hydroxyl groups excluding tert-OH is 1. The van der Waals surface area contributed by atoms with Crippen LogP contribution in [0.2, 0.25) is 0 Å². The Morgan fingerprint density at radius 1 is 1.24 bits per heavy atom. The van der Waals surface area contributed by atoms with Crippen LogP contribution >= 0.6 is 0 Å². The summed E-state index contributed by atoms with van der Waals surface area (Å²) in [6, 6.07) is 8.96. The SMILES string of the molecule is COc1cc(CO)ccc1OCc1ccco1. The summed E-state index contributed by atoms with van der Waals surface area (Å²) < 4.78 is 15.9. The van der Waals surface area contributed by atoms with Gasteiger partial charge in [0.2, 0.25) is 0 Å². The van der Waals surface area contributed by atoms with Crippen molar-refractivity contribution in [1.82, 2.24) is 0 Å². The Kier molecular flexibility index (Phi) is 3.67. The zero-order valence-electron chi connectivity index (χ0n) is 9.55. The molecule has 0 unspecified atom stereocenters. The third-order valence-corrected chi connectivity index (χ3v) is 2.36. The summed E-state index contributed by atoms with van der Waals surface area (Å²) in [6.45, 7) is 0.330. The third-order valence-electron chi connectivity index (χ3n) is 2.36. The standard InChI is InChI=1S/C13H14O4/c1-15-13-7-10(8-14)4-5-12(13)17-9-11-3-2-6-16-11/h2-7,14H,8-9H2,1H3. The van der Waals surface area contributed by atoms with Crippen molar-refractivity contribution >= 4 is 0 Å². The van der Waals surface area contributed by atoms with Crippen molar-refractivity contribution in [2.45, 2.75) is 13.2 Å². The van der Waals surface area contributed by atoms with Crippen LogP contribution in [0.4, 0.5) is 0 Å². The van der Waals surface area contributed by atoms with Crippen molar-refractivity contribution in [3.63, 3.8) is 0 Å². The molecule has 4 nitrogen and oxygen atoms in total. The Balaban J connectivity index is 2.09. The molecule has 0 bridgehead atoms. The quantitative estimate of drug-likeness (QED) is 0.862. The van der Waals surface area contributed by atoms with E-state index in [4.69, 9.17) is 19.0 Å². The van der Waals surface area contributed by atoms with Gasteiger partial charge in [-0.15, -0.1) is 0 Å². The Morgan fingerprint density at radius 3 is 2.76 bits per heavy atom. The number of furan rings is 1. The van der Waals surface area contributed by atoms with Crippen molar-refractivity contribution in [3.05, 3.63) is 47.9 Å². The molecular formula is C13H14O4. The van der Waals surface area contributed by atoms with E-state index in [9.17, 15) is 0 Å². The van der Waals surface area contributed by atoms with E-state index in [-0.39, 0.29) is 6.61 Å². The van der Waals surface area contributed by atoms with E-state index in [0.29, 0.717) is 18.1 Å². The fourth-order valence-electron chi connectivity index (χ4n) is 1.47. The maximum Gasteiger partial charge on any atom is 0.161 e. The van der Waals surface area contributed by atoms with Gasteiger partial charge in [-0.1, -0.05) is 6.07 Å². The molecule has 2 rings (SSSR count). The highest BCUT2D eigenvalue weighted by Crippen LogP contribution is 2.28. The minimum Gasteiger partial charge on any atom is -0.493 e. The van der Waals surface area contributed by atoms with Gasteiger partial charge in [-0.2, -0.15) is 0 Å². The average Bonchev–Trinajstić information content (AvgIpc) is 2.89. The maximum absolute atomic E-state index is 9.02. The van der Waals surface area contributed by atoms with Crippen molar-refractivity contribution in [2.75, 3.05) is 7.11 Å². The minimum atomic E-state index is -0.0190. The van der Waals surface area contributed by atoms with Gasteiger partial charge in [0.05, 0.1) is 20.0 Å². The third kappa shape index (κ3) is 2.79. The van der Waals surface area contributed by atoms with E-state index in [2.05, 4.69) is 0 Å². The highest BCUT2D eigenvalue weighted by molar-refractivity contribution is 5.42. The van der Waals surface area contributed by atoms with Gasteiger partial charge in [0.15, 0.2) is 11.5 Å². The molecule has 17 heavy (non-hydrogen) atoms. The lowest BCUT2D eigenvalue weighted by Gasteiger charge is -2.10. The van der Waals surface area contributed by atoms with Crippen LogP contribution in [0.25, 0.3) is 0 Å². The smallest absolute Gasteiger partial charge is 0.161 e. The molecule has 1 heterocycles. The van der Waals surface area contributed by atoms with Crippen LogP contribution in [0.3, 0.4) is 0 Å². The van der Waals surface area contributed by atoms with Crippen LogP contribution in [-0.4, -0.2) is 12.2 Å². The predicted molar refractivity (Wildman–Crippen MR) is 62.0 cm³/mol. The van der Waals surface area contributed by atoms with Gasteiger partial charge in [0.1, 0.15) is 12.4 Å². The first-order chi connectivity index (χ1) is 8.33. The van der Waals surface area contributed by atoms with Crippen LogP contribution in [0.5, 0.6) is 11.5 Å². The number of rotatable bonds is 5. The van der Waals surface area contributed by atoms with E-state index in [1.54, 1.807) is 31.6 Å². The Labute approximate surface area is 99.4 Å². The number of benzene rings is 1. The summed E-state index contributed by atoms with van der Waals surface area (Å²) in [6.07, 6.45) is 1.60. The number of ether oxygens (including phenoxy) is 2. The van der Waals surface area contributed by atoms with Gasteiger partial charge in [-0.3, -0.25) is 0 Å². The van der Waals surface area contributed by atoms with Gasteiger partial charge >= 0.3 is 0 Å². The van der Waals surface area contributed by atoms with Gasteiger partial charge in [0.25, 0.3) is 0 Å². The average molecular weight is 234 g/mol. The van der Waals surface area contributed by atoms with E-state index < -0.39 is 0 Å². The van der Waals surface area contributed by atoms with Crippen LogP contribution in [0, 0.1) is 0 Å². The minimum absolute atomic E-state index is 0.0190. The summed E-state index contributed by atoms with van der Waals surface area (Å²) in [5.74, 6) is 1.97. The number of aliphatic hydroxyl groups is 1. The summed E-state index contributed by atoms with van der Waals surface area (Å²) in [5, 5.41) is 9.02. The van der Waals surface area contributed by atoms with Gasteiger partial charge < -0.3 is 19.0 Å². The molecule has 0 spiro atoms. The van der Waals surface area contributed by atoms with E-state index in [0.717, 1.165) is 11.3 Å². The molecule has 1 N–H and O–H groups in total. The van der Waals surface area contributed by atoms with E-state index >= 15 is 0 Å². The molecule has 0 saturated carbocycles. The molecule has 0 radical (unpaired) electrons. The Bertz CT molecular complexity index is 462. The fraction of sp³-hybridized carbons (Fsp3) is 0.231. The summed E-state index contributed by atoms with van der Waals surface area (Å²) in [5.41, 5.74) is 0.784. The highest BCUT2D eigenvalue weighted by atomic mass is 16.5. The zero-order valence-corrected chi connectivity index (χ0v) is 9.55. The predicted octanol–water partition coefficient (Wildman–Crippen LogP) is 2.36. The molecule has 90 valence electrons. The van der Waals surface area contributed by atoms with Crippen LogP contribution in [-0.2, 0) is 13.2 Å². The topological polar surface area (TPSA) is 51.8 Å². The number of hydrogen-bond acceptors (Lipinski definition) is 4. The molecule has 0 fully saturated rings. The van der Waals surface area contributed by atoms with Crippen LogP contribution in [0.1, 0.15) is 11.3 Å². The van der Waals surface area contributed by atoms with Crippen molar-refractivity contribution in [2.24, 2.45) is 0 Å². The van der Waals surface area contributed by atoms with Crippen LogP contribution in [0.15, 0.2) is 41.0 Å².